The smallest absolute Gasteiger partial charge is 0.121 e. The fourth-order valence-corrected chi connectivity index (χ4v) is 1.61. The molecule has 1 aromatic carbocycles. The van der Waals surface area contributed by atoms with Crippen molar-refractivity contribution < 1.29 is 4.74 Å². The van der Waals surface area contributed by atoms with Gasteiger partial charge in [0.1, 0.15) is 11.9 Å². The third-order valence-corrected chi connectivity index (χ3v) is 2.63. The van der Waals surface area contributed by atoms with Crippen LogP contribution in [0, 0.1) is 0 Å². The first-order valence-corrected chi connectivity index (χ1v) is 5.64. The molecule has 0 aliphatic carbocycles. The quantitative estimate of drug-likeness (QED) is 0.872. The molecule has 1 atom stereocenters. The zero-order valence-corrected chi connectivity index (χ0v) is 10.1. The predicted octanol–water partition coefficient (Wildman–Crippen LogP) is 3.26. The highest BCUT2D eigenvalue weighted by Gasteiger charge is 2.06. The minimum atomic E-state index is 0.0263. The van der Waals surface area contributed by atoms with Crippen molar-refractivity contribution in [1.29, 1.82) is 0 Å². The maximum Gasteiger partial charge on any atom is 0.121 e. The molecule has 1 heterocycles. The van der Waals surface area contributed by atoms with Gasteiger partial charge in [-0.05, 0) is 48.9 Å². The second kappa shape index (κ2) is 5.34. The first-order chi connectivity index (χ1) is 8.29. The van der Waals surface area contributed by atoms with E-state index in [1.54, 1.807) is 12.4 Å². The summed E-state index contributed by atoms with van der Waals surface area (Å²) < 4.78 is 5.84. The van der Waals surface area contributed by atoms with Gasteiger partial charge in [-0.25, -0.2) is 0 Å². The lowest BCUT2D eigenvalue weighted by atomic mass is 10.2. The third kappa shape index (κ3) is 2.97. The molecule has 0 spiro atoms. The van der Waals surface area contributed by atoms with E-state index in [0.29, 0.717) is 0 Å². The van der Waals surface area contributed by atoms with Crippen LogP contribution in [0.25, 0.3) is 0 Å². The number of hydrogen-bond acceptors (Lipinski definition) is 3. The summed E-state index contributed by atoms with van der Waals surface area (Å²) in [6.45, 7) is 2.03. The molecule has 1 aromatic heterocycles. The first kappa shape index (κ1) is 11.5. The second-order valence-electron chi connectivity index (χ2n) is 3.82. The number of pyridine rings is 1. The van der Waals surface area contributed by atoms with Gasteiger partial charge in [0.15, 0.2) is 0 Å². The Hall–Kier alpha value is -2.03. The first-order valence-electron chi connectivity index (χ1n) is 5.64. The Morgan fingerprint density at radius 1 is 1.06 bits per heavy atom. The van der Waals surface area contributed by atoms with Gasteiger partial charge >= 0.3 is 0 Å². The molecule has 1 unspecified atom stereocenters. The van der Waals surface area contributed by atoms with Crippen LogP contribution in [0.5, 0.6) is 5.75 Å². The summed E-state index contributed by atoms with van der Waals surface area (Å²) in [5.41, 5.74) is 2.20. The molecule has 0 amide bonds. The van der Waals surface area contributed by atoms with E-state index in [0.717, 1.165) is 17.0 Å². The minimum Gasteiger partial charge on any atom is -0.486 e. The molecule has 3 heteroatoms. The molecule has 0 aliphatic heterocycles. The fraction of sp³-hybridized carbons (Fsp3) is 0.214. The Morgan fingerprint density at radius 2 is 1.71 bits per heavy atom. The van der Waals surface area contributed by atoms with Crippen LogP contribution >= 0.6 is 0 Å². The average molecular weight is 228 g/mol. The molecule has 0 saturated carbocycles. The van der Waals surface area contributed by atoms with E-state index in [9.17, 15) is 0 Å². The van der Waals surface area contributed by atoms with Crippen LogP contribution in [0.3, 0.4) is 0 Å². The molecule has 0 aliphatic rings. The molecule has 2 rings (SSSR count). The van der Waals surface area contributed by atoms with Crippen LogP contribution in [0.15, 0.2) is 48.8 Å². The number of nitrogens with zero attached hydrogens (tertiary/aromatic N) is 1. The van der Waals surface area contributed by atoms with Crippen molar-refractivity contribution in [3.63, 3.8) is 0 Å². The van der Waals surface area contributed by atoms with E-state index in [4.69, 9.17) is 4.74 Å². The monoisotopic (exact) mass is 228 g/mol. The lowest BCUT2D eigenvalue weighted by Gasteiger charge is -2.15. The normalized spacial score (nSPS) is 11.9. The van der Waals surface area contributed by atoms with E-state index in [2.05, 4.69) is 10.3 Å². The number of aromatic nitrogens is 1. The van der Waals surface area contributed by atoms with Crippen molar-refractivity contribution in [2.24, 2.45) is 0 Å². The van der Waals surface area contributed by atoms with Gasteiger partial charge in [-0.15, -0.1) is 0 Å². The van der Waals surface area contributed by atoms with Crippen molar-refractivity contribution in [3.8, 4) is 5.75 Å². The van der Waals surface area contributed by atoms with Crippen molar-refractivity contribution in [1.82, 2.24) is 4.98 Å². The molecule has 17 heavy (non-hydrogen) atoms. The largest absolute Gasteiger partial charge is 0.486 e. The highest BCUT2D eigenvalue weighted by Crippen LogP contribution is 2.22. The Labute approximate surface area is 101 Å². The summed E-state index contributed by atoms with van der Waals surface area (Å²) in [5.74, 6) is 0.869. The Balaban J connectivity index is 2.05. The predicted molar refractivity (Wildman–Crippen MR) is 69.3 cm³/mol. The van der Waals surface area contributed by atoms with E-state index >= 15 is 0 Å². The number of rotatable bonds is 4. The van der Waals surface area contributed by atoms with Gasteiger partial charge in [0.25, 0.3) is 0 Å². The van der Waals surface area contributed by atoms with Gasteiger partial charge in [0, 0.05) is 25.1 Å². The molecular weight excluding hydrogens is 212 g/mol. The molecule has 0 saturated heterocycles. The van der Waals surface area contributed by atoms with Crippen LogP contribution in [0.4, 0.5) is 5.69 Å². The Kier molecular flexibility index (Phi) is 3.60. The van der Waals surface area contributed by atoms with Crippen LogP contribution < -0.4 is 10.1 Å². The van der Waals surface area contributed by atoms with E-state index < -0.39 is 0 Å². The number of hydrogen-bond donors (Lipinski definition) is 1. The summed E-state index contributed by atoms with van der Waals surface area (Å²) in [5, 5.41) is 3.08. The zero-order valence-electron chi connectivity index (χ0n) is 10.1. The lowest BCUT2D eigenvalue weighted by Crippen LogP contribution is -2.03. The highest BCUT2D eigenvalue weighted by atomic mass is 16.5. The number of ether oxygens (including phenoxy) is 1. The van der Waals surface area contributed by atoms with Gasteiger partial charge in [0.2, 0.25) is 0 Å². The third-order valence-electron chi connectivity index (χ3n) is 2.63. The Morgan fingerprint density at radius 3 is 2.29 bits per heavy atom. The maximum absolute atomic E-state index is 5.84. The lowest BCUT2D eigenvalue weighted by molar-refractivity contribution is 0.227. The van der Waals surface area contributed by atoms with Crippen LogP contribution in [-0.4, -0.2) is 12.0 Å². The van der Waals surface area contributed by atoms with Crippen molar-refractivity contribution >= 4 is 5.69 Å². The van der Waals surface area contributed by atoms with E-state index in [1.807, 2.05) is 50.4 Å². The zero-order chi connectivity index (χ0) is 12.1. The van der Waals surface area contributed by atoms with E-state index in [1.165, 1.54) is 0 Å². The van der Waals surface area contributed by atoms with Crippen molar-refractivity contribution in [2.75, 3.05) is 12.4 Å². The van der Waals surface area contributed by atoms with Gasteiger partial charge in [-0.1, -0.05) is 0 Å². The van der Waals surface area contributed by atoms with Gasteiger partial charge in [0.05, 0.1) is 0 Å². The Bertz CT molecular complexity index is 453. The maximum atomic E-state index is 5.84. The summed E-state index contributed by atoms with van der Waals surface area (Å²) in [6.07, 6.45) is 3.58. The number of nitrogens with one attached hydrogen (secondary N) is 1. The number of benzene rings is 1. The van der Waals surface area contributed by atoms with Gasteiger partial charge < -0.3 is 10.1 Å². The fourth-order valence-electron chi connectivity index (χ4n) is 1.61. The van der Waals surface area contributed by atoms with Crippen LogP contribution in [0.2, 0.25) is 0 Å². The molecule has 2 aromatic rings. The molecule has 88 valence electrons. The molecule has 0 radical (unpaired) electrons. The molecule has 3 nitrogen and oxygen atoms in total. The second-order valence-corrected chi connectivity index (χ2v) is 3.82. The van der Waals surface area contributed by atoms with Gasteiger partial charge in [-0.2, -0.15) is 0 Å². The van der Waals surface area contributed by atoms with Crippen molar-refractivity contribution in [2.45, 2.75) is 13.0 Å². The van der Waals surface area contributed by atoms with Gasteiger partial charge in [-0.3, -0.25) is 4.98 Å². The van der Waals surface area contributed by atoms with Crippen LogP contribution in [0.1, 0.15) is 18.6 Å². The average Bonchev–Trinajstić information content (AvgIpc) is 2.40. The molecule has 0 fully saturated rings. The van der Waals surface area contributed by atoms with E-state index in [-0.39, 0.29) is 6.10 Å². The summed E-state index contributed by atoms with van der Waals surface area (Å²) >= 11 is 0. The summed E-state index contributed by atoms with van der Waals surface area (Å²) in [4.78, 5) is 3.99. The topological polar surface area (TPSA) is 34.1 Å². The minimum absolute atomic E-state index is 0.0263. The highest BCUT2D eigenvalue weighted by molar-refractivity contribution is 5.45. The molecule has 1 N–H and O–H groups in total. The summed E-state index contributed by atoms with van der Waals surface area (Å²) in [6, 6.07) is 11.8. The summed E-state index contributed by atoms with van der Waals surface area (Å²) in [7, 11) is 1.90. The standard InChI is InChI=1S/C14H16N2O/c1-11(12-7-9-16-10-8-12)17-14-5-3-13(15-2)4-6-14/h3-11,15H,1-2H3. The molecule has 0 bridgehead atoms. The SMILES string of the molecule is CNc1ccc(OC(C)c2ccncc2)cc1. The van der Waals surface area contributed by atoms with Crippen molar-refractivity contribution in [3.05, 3.63) is 54.4 Å². The molecular formula is C14H16N2O. The number of anilines is 1. The van der Waals surface area contributed by atoms with Crippen LogP contribution in [-0.2, 0) is 0 Å².